The molecule has 1 unspecified atom stereocenters. The molecule has 0 saturated heterocycles. The molecule has 0 aliphatic carbocycles. The van der Waals surface area contributed by atoms with Crippen LogP contribution in [0.25, 0.3) is 0 Å². The Kier molecular flexibility index (Phi) is 6.97. The molecule has 0 bridgehead atoms. The zero-order valence-corrected chi connectivity index (χ0v) is 16.7. The van der Waals surface area contributed by atoms with Gasteiger partial charge in [-0.25, -0.2) is 0 Å². The summed E-state index contributed by atoms with van der Waals surface area (Å²) in [6.45, 7) is 0.0725. The van der Waals surface area contributed by atoms with Gasteiger partial charge in [-0.1, -0.05) is 0 Å². The summed E-state index contributed by atoms with van der Waals surface area (Å²) in [6, 6.07) is 15.1. The number of nitrogens with zero attached hydrogens (tertiary/aromatic N) is 1. The fraction of sp³-hybridized carbons (Fsp3) is 0.190. The summed E-state index contributed by atoms with van der Waals surface area (Å²) in [6.07, 6.45) is 4.02. The molecule has 1 aromatic heterocycles. The predicted molar refractivity (Wildman–Crippen MR) is 103 cm³/mol. The van der Waals surface area contributed by atoms with Gasteiger partial charge in [-0.05, 0) is 0 Å². The first-order chi connectivity index (χ1) is 13.2. The molecule has 0 fully saturated rings. The molecule has 140 valence electrons. The number of ether oxygens (including phenoxy) is 1. The van der Waals surface area contributed by atoms with Gasteiger partial charge < -0.3 is 0 Å². The zero-order valence-electron chi connectivity index (χ0n) is 14.6. The first kappa shape index (κ1) is 19.5. The average molecular weight is 431 g/mol. The topological polar surface area (TPSA) is 42.4 Å². The Morgan fingerprint density at radius 2 is 1.74 bits per heavy atom. The molecule has 0 amide bonds. The number of hydrogen-bond donors (Lipinski definition) is 1. The van der Waals surface area contributed by atoms with Crippen LogP contribution in [0, 0.1) is 11.6 Å². The van der Waals surface area contributed by atoms with E-state index in [9.17, 15) is 9.50 Å². The average Bonchev–Trinajstić information content (AvgIpc) is 2.70. The van der Waals surface area contributed by atoms with E-state index in [1.807, 2.05) is 12.1 Å². The molecule has 0 aliphatic rings. The summed E-state index contributed by atoms with van der Waals surface area (Å²) in [4.78, 5) is 4.00. The van der Waals surface area contributed by atoms with Gasteiger partial charge in [0.15, 0.2) is 0 Å². The Morgan fingerprint density at radius 1 is 1.00 bits per heavy atom. The summed E-state index contributed by atoms with van der Waals surface area (Å²) in [5.41, 5.74) is 1.47. The van der Waals surface area contributed by atoms with Gasteiger partial charge in [-0.2, -0.15) is 0 Å². The van der Waals surface area contributed by atoms with E-state index in [0.29, 0.717) is 22.9 Å². The zero-order chi connectivity index (χ0) is 19.1. The molecule has 0 radical (unpaired) electrons. The second-order valence-electron chi connectivity index (χ2n) is 5.98. The third-order valence-corrected chi connectivity index (χ3v) is 7.30. The second-order valence-corrected chi connectivity index (χ2v) is 9.35. The van der Waals surface area contributed by atoms with Crippen LogP contribution < -0.4 is 4.74 Å². The van der Waals surface area contributed by atoms with Crippen LogP contribution >= 0.6 is 0 Å². The molecular formula is C21H20AsF2NO2. The fourth-order valence-corrected chi connectivity index (χ4v) is 5.53. The minimum absolute atomic E-state index is 0.0725. The standard InChI is InChI=1S/C21H20AsF2NO2/c23-19-7-6-17(20(24)21(19)27-16-4-2-1-3-5-16)18(22-10-13-26)14-15-8-11-25-12-9-15/h1-9,11-12,18,22,26H,10,13-14H2/t18-/m0/s1. The number of halogens is 2. The fourth-order valence-electron chi connectivity index (χ4n) is 2.80. The van der Waals surface area contributed by atoms with E-state index in [-0.39, 0.29) is 17.1 Å². The quantitative estimate of drug-likeness (QED) is 0.542. The Bertz CT molecular complexity index is 863. The number of para-hydroxylation sites is 1. The molecule has 6 heteroatoms. The number of aliphatic hydroxyl groups is 1. The Labute approximate surface area is 163 Å². The first-order valence-corrected chi connectivity index (χ1v) is 11.3. The van der Waals surface area contributed by atoms with E-state index in [1.165, 1.54) is 12.1 Å². The van der Waals surface area contributed by atoms with Crippen molar-refractivity contribution in [2.24, 2.45) is 0 Å². The van der Waals surface area contributed by atoms with E-state index in [1.54, 1.807) is 42.7 Å². The number of benzene rings is 2. The van der Waals surface area contributed by atoms with Crippen molar-refractivity contribution in [2.75, 3.05) is 6.61 Å². The van der Waals surface area contributed by atoms with Gasteiger partial charge in [-0.15, -0.1) is 0 Å². The molecule has 1 N–H and O–H groups in total. The number of hydrogen-bond acceptors (Lipinski definition) is 3. The molecule has 27 heavy (non-hydrogen) atoms. The second kappa shape index (κ2) is 9.63. The van der Waals surface area contributed by atoms with E-state index in [2.05, 4.69) is 4.98 Å². The monoisotopic (exact) mass is 431 g/mol. The number of pyridine rings is 1. The Hall–Kier alpha value is -2.23. The molecule has 0 saturated carbocycles. The first-order valence-electron chi connectivity index (χ1n) is 8.63. The van der Waals surface area contributed by atoms with Crippen LogP contribution in [0.15, 0.2) is 67.0 Å². The number of aliphatic hydroxyl groups excluding tert-OH is 1. The summed E-state index contributed by atoms with van der Waals surface area (Å²) < 4.78 is 34.8. The maximum absolute atomic E-state index is 15.2. The van der Waals surface area contributed by atoms with Gasteiger partial charge in [0.05, 0.1) is 0 Å². The summed E-state index contributed by atoms with van der Waals surface area (Å²) in [5, 5.41) is 9.89. The van der Waals surface area contributed by atoms with E-state index in [0.717, 1.165) is 5.56 Å². The van der Waals surface area contributed by atoms with E-state index >= 15 is 4.39 Å². The van der Waals surface area contributed by atoms with Crippen LogP contribution in [0.5, 0.6) is 11.5 Å². The molecule has 3 nitrogen and oxygen atoms in total. The van der Waals surface area contributed by atoms with Crippen molar-refractivity contribution in [3.63, 3.8) is 0 Å². The maximum atomic E-state index is 15.2. The molecule has 2 aromatic carbocycles. The molecular weight excluding hydrogens is 411 g/mol. The molecule has 1 heterocycles. The Balaban J connectivity index is 1.93. The summed E-state index contributed by atoms with van der Waals surface area (Å²) in [5.74, 6) is -1.40. The normalized spacial score (nSPS) is 12.4. The third kappa shape index (κ3) is 5.15. The van der Waals surface area contributed by atoms with Gasteiger partial charge in [0.1, 0.15) is 0 Å². The molecule has 2 atom stereocenters. The molecule has 3 rings (SSSR count). The van der Waals surface area contributed by atoms with Crippen molar-refractivity contribution >= 4 is 15.8 Å². The summed E-state index contributed by atoms with van der Waals surface area (Å²) >= 11 is -0.685. The Morgan fingerprint density at radius 3 is 2.44 bits per heavy atom. The van der Waals surface area contributed by atoms with Crippen molar-refractivity contribution in [2.45, 2.75) is 16.3 Å². The van der Waals surface area contributed by atoms with Crippen LogP contribution in [0.3, 0.4) is 0 Å². The number of aromatic nitrogens is 1. The summed E-state index contributed by atoms with van der Waals surface area (Å²) in [7, 11) is 0. The van der Waals surface area contributed by atoms with Crippen LogP contribution in [-0.4, -0.2) is 32.4 Å². The van der Waals surface area contributed by atoms with Crippen molar-refractivity contribution in [1.29, 1.82) is 0 Å². The van der Waals surface area contributed by atoms with Crippen LogP contribution in [0.4, 0.5) is 8.78 Å². The SMILES string of the molecule is OCC[AsH][C@@H](Cc1ccncc1)c1ccc(F)c(Oc2ccccc2)c1F. The predicted octanol–water partition coefficient (Wildman–Crippen LogP) is 4.28. The van der Waals surface area contributed by atoms with Crippen LogP contribution in [0.2, 0.25) is 5.21 Å². The van der Waals surface area contributed by atoms with E-state index in [4.69, 9.17) is 4.74 Å². The van der Waals surface area contributed by atoms with Gasteiger partial charge in [0, 0.05) is 0 Å². The minimum atomic E-state index is -0.732. The molecule has 3 aromatic rings. The van der Waals surface area contributed by atoms with Gasteiger partial charge in [-0.3, -0.25) is 0 Å². The third-order valence-electron chi connectivity index (χ3n) is 4.11. The van der Waals surface area contributed by atoms with Crippen LogP contribution in [-0.2, 0) is 6.42 Å². The van der Waals surface area contributed by atoms with Gasteiger partial charge >= 0.3 is 164 Å². The van der Waals surface area contributed by atoms with Crippen molar-refractivity contribution in [3.8, 4) is 11.5 Å². The van der Waals surface area contributed by atoms with Crippen molar-refractivity contribution in [1.82, 2.24) is 4.98 Å². The number of rotatable bonds is 8. The van der Waals surface area contributed by atoms with E-state index < -0.39 is 27.4 Å². The van der Waals surface area contributed by atoms with Gasteiger partial charge in [0.25, 0.3) is 0 Å². The van der Waals surface area contributed by atoms with Crippen LogP contribution in [0.1, 0.15) is 15.8 Å². The van der Waals surface area contributed by atoms with Gasteiger partial charge in [0.2, 0.25) is 0 Å². The van der Waals surface area contributed by atoms with Crippen molar-refractivity contribution in [3.05, 3.63) is 89.8 Å². The molecule has 0 aliphatic heterocycles. The van der Waals surface area contributed by atoms with Crippen molar-refractivity contribution < 1.29 is 18.6 Å². The molecule has 0 spiro atoms.